The monoisotopic (exact) mass is 228 g/mol. The summed E-state index contributed by atoms with van der Waals surface area (Å²) in [5.74, 6) is 1.26. The van der Waals surface area contributed by atoms with E-state index in [9.17, 15) is 0 Å². The van der Waals surface area contributed by atoms with Crippen LogP contribution in [0.4, 0.5) is 0 Å². The van der Waals surface area contributed by atoms with Crippen LogP contribution in [0, 0.1) is 11.3 Å². The van der Waals surface area contributed by atoms with Crippen molar-refractivity contribution >= 4 is 0 Å². The van der Waals surface area contributed by atoms with Gasteiger partial charge in [0.25, 0.3) is 0 Å². The Morgan fingerprint density at radius 2 is 2.24 bits per heavy atom. The van der Waals surface area contributed by atoms with Crippen LogP contribution in [0.5, 0.6) is 5.75 Å². The van der Waals surface area contributed by atoms with E-state index in [-0.39, 0.29) is 5.69 Å². The largest absolute Gasteiger partial charge is 0.496 e. The van der Waals surface area contributed by atoms with E-state index in [0.29, 0.717) is 11.5 Å². The number of hydrogen-bond acceptors (Lipinski definition) is 4. The number of nitriles is 1. The zero-order valence-electron chi connectivity index (χ0n) is 9.73. The summed E-state index contributed by atoms with van der Waals surface area (Å²) < 4.78 is 10.4. The Morgan fingerprint density at radius 3 is 2.82 bits per heavy atom. The summed E-state index contributed by atoms with van der Waals surface area (Å²) in [5.41, 5.74) is 2.26. The molecular weight excluding hydrogens is 216 g/mol. The van der Waals surface area contributed by atoms with Gasteiger partial charge in [-0.15, -0.1) is 0 Å². The lowest BCUT2D eigenvalue weighted by molar-refractivity contribution is 0.405. The van der Waals surface area contributed by atoms with Crippen LogP contribution in [0.2, 0.25) is 0 Å². The first-order valence-corrected chi connectivity index (χ1v) is 5.32. The van der Waals surface area contributed by atoms with Crippen LogP contribution in [0.15, 0.2) is 28.8 Å². The second-order valence-corrected chi connectivity index (χ2v) is 3.58. The second-order valence-electron chi connectivity index (χ2n) is 3.58. The first-order valence-electron chi connectivity index (χ1n) is 5.32. The van der Waals surface area contributed by atoms with Crippen molar-refractivity contribution < 1.29 is 9.26 Å². The van der Waals surface area contributed by atoms with Crippen LogP contribution < -0.4 is 4.74 Å². The minimum Gasteiger partial charge on any atom is -0.496 e. The maximum absolute atomic E-state index is 8.72. The van der Waals surface area contributed by atoms with Gasteiger partial charge in [-0.2, -0.15) is 5.26 Å². The van der Waals surface area contributed by atoms with Crippen LogP contribution >= 0.6 is 0 Å². The predicted octanol–water partition coefficient (Wildman–Crippen LogP) is 2.78. The number of rotatable bonds is 3. The molecule has 0 fully saturated rings. The summed E-state index contributed by atoms with van der Waals surface area (Å²) in [7, 11) is 1.60. The Labute approximate surface area is 99.4 Å². The summed E-state index contributed by atoms with van der Waals surface area (Å²) in [6, 6.07) is 9.43. The van der Waals surface area contributed by atoms with Crippen molar-refractivity contribution in [3.8, 4) is 23.1 Å². The number of methoxy groups -OCH3 is 1. The van der Waals surface area contributed by atoms with Crippen LogP contribution in [-0.2, 0) is 6.42 Å². The number of ether oxygens (including phenoxy) is 1. The molecule has 4 nitrogen and oxygen atoms in total. The Balaban J connectivity index is 2.52. The minimum atomic E-state index is 0.268. The standard InChI is InChI=1S/C13H12N2O2/c1-3-9-4-5-12(16-2)11(6-9)13-7-10(8-14)15-17-13/h4-7H,3H2,1-2H3. The van der Waals surface area contributed by atoms with Crippen LogP contribution in [0.3, 0.4) is 0 Å². The lowest BCUT2D eigenvalue weighted by Gasteiger charge is -2.07. The zero-order valence-corrected chi connectivity index (χ0v) is 9.73. The van der Waals surface area contributed by atoms with Crippen LogP contribution in [-0.4, -0.2) is 12.3 Å². The van der Waals surface area contributed by atoms with E-state index >= 15 is 0 Å². The lowest BCUT2D eigenvalue weighted by Crippen LogP contribution is -1.89. The van der Waals surface area contributed by atoms with E-state index in [1.165, 1.54) is 5.56 Å². The fourth-order valence-corrected chi connectivity index (χ4v) is 1.62. The van der Waals surface area contributed by atoms with Gasteiger partial charge < -0.3 is 9.26 Å². The van der Waals surface area contributed by atoms with Gasteiger partial charge in [0.15, 0.2) is 11.5 Å². The molecule has 0 atom stereocenters. The summed E-state index contributed by atoms with van der Waals surface area (Å²) in [6.07, 6.45) is 0.927. The molecule has 0 amide bonds. The van der Waals surface area contributed by atoms with Crippen molar-refractivity contribution in [2.75, 3.05) is 7.11 Å². The third-order valence-electron chi connectivity index (χ3n) is 2.56. The Morgan fingerprint density at radius 1 is 1.41 bits per heavy atom. The SMILES string of the molecule is CCc1ccc(OC)c(-c2cc(C#N)no2)c1. The predicted molar refractivity (Wildman–Crippen MR) is 62.6 cm³/mol. The van der Waals surface area contributed by atoms with Gasteiger partial charge in [0, 0.05) is 6.07 Å². The van der Waals surface area contributed by atoms with E-state index in [2.05, 4.69) is 12.1 Å². The molecule has 0 aliphatic rings. The average molecular weight is 228 g/mol. The van der Waals surface area contributed by atoms with Crippen molar-refractivity contribution in [3.63, 3.8) is 0 Å². The van der Waals surface area contributed by atoms with E-state index in [1.54, 1.807) is 13.2 Å². The highest BCUT2D eigenvalue weighted by molar-refractivity contribution is 5.67. The molecule has 1 aromatic carbocycles. The highest BCUT2D eigenvalue weighted by Crippen LogP contribution is 2.31. The molecule has 0 aliphatic heterocycles. The van der Waals surface area contributed by atoms with Gasteiger partial charge in [0.05, 0.1) is 12.7 Å². The molecule has 1 heterocycles. The highest BCUT2D eigenvalue weighted by atomic mass is 16.5. The Hall–Kier alpha value is -2.28. The molecule has 0 saturated carbocycles. The average Bonchev–Trinajstić information content (AvgIpc) is 2.86. The van der Waals surface area contributed by atoms with Crippen molar-refractivity contribution in [1.82, 2.24) is 5.16 Å². The van der Waals surface area contributed by atoms with Gasteiger partial charge in [0.1, 0.15) is 11.8 Å². The fraction of sp³-hybridized carbons (Fsp3) is 0.231. The quantitative estimate of drug-likeness (QED) is 0.810. The maximum atomic E-state index is 8.72. The Kier molecular flexibility index (Phi) is 3.10. The molecule has 0 unspecified atom stereocenters. The molecule has 0 N–H and O–H groups in total. The number of aromatic nitrogens is 1. The van der Waals surface area contributed by atoms with Crippen molar-refractivity contribution in [2.45, 2.75) is 13.3 Å². The minimum absolute atomic E-state index is 0.268. The third kappa shape index (κ3) is 2.13. The lowest BCUT2D eigenvalue weighted by atomic mass is 10.1. The van der Waals surface area contributed by atoms with Crippen LogP contribution in [0.1, 0.15) is 18.2 Å². The molecule has 4 heteroatoms. The molecule has 0 spiro atoms. The first-order chi connectivity index (χ1) is 8.28. The summed E-state index contributed by atoms with van der Waals surface area (Å²) in [4.78, 5) is 0. The molecule has 86 valence electrons. The molecule has 1 aromatic heterocycles. The topological polar surface area (TPSA) is 59.0 Å². The highest BCUT2D eigenvalue weighted by Gasteiger charge is 2.12. The van der Waals surface area contributed by atoms with E-state index < -0.39 is 0 Å². The van der Waals surface area contributed by atoms with Gasteiger partial charge in [-0.3, -0.25) is 0 Å². The molecular formula is C13H12N2O2. The van der Waals surface area contributed by atoms with Gasteiger partial charge in [0.2, 0.25) is 0 Å². The van der Waals surface area contributed by atoms with Crippen LogP contribution in [0.25, 0.3) is 11.3 Å². The van der Waals surface area contributed by atoms with Gasteiger partial charge in [-0.1, -0.05) is 18.1 Å². The maximum Gasteiger partial charge on any atom is 0.184 e. The van der Waals surface area contributed by atoms with Gasteiger partial charge >= 0.3 is 0 Å². The smallest absolute Gasteiger partial charge is 0.184 e. The van der Waals surface area contributed by atoms with Crippen molar-refractivity contribution in [3.05, 3.63) is 35.5 Å². The van der Waals surface area contributed by atoms with Crippen molar-refractivity contribution in [1.29, 1.82) is 5.26 Å². The second kappa shape index (κ2) is 4.71. The third-order valence-corrected chi connectivity index (χ3v) is 2.56. The van der Waals surface area contributed by atoms with E-state index in [0.717, 1.165) is 12.0 Å². The fourth-order valence-electron chi connectivity index (χ4n) is 1.62. The number of nitrogens with zero attached hydrogens (tertiary/aromatic N) is 2. The normalized spacial score (nSPS) is 9.94. The number of benzene rings is 1. The number of aryl methyl sites for hydroxylation is 1. The molecule has 17 heavy (non-hydrogen) atoms. The summed E-state index contributed by atoms with van der Waals surface area (Å²) in [5, 5.41) is 12.4. The summed E-state index contributed by atoms with van der Waals surface area (Å²) >= 11 is 0. The van der Waals surface area contributed by atoms with E-state index in [1.807, 2.05) is 24.3 Å². The van der Waals surface area contributed by atoms with Crippen molar-refractivity contribution in [2.24, 2.45) is 0 Å². The zero-order chi connectivity index (χ0) is 12.3. The Bertz CT molecular complexity index is 567. The molecule has 0 aliphatic carbocycles. The summed E-state index contributed by atoms with van der Waals surface area (Å²) in [6.45, 7) is 2.08. The molecule has 0 bridgehead atoms. The molecule has 0 radical (unpaired) electrons. The van der Waals surface area contributed by atoms with E-state index in [4.69, 9.17) is 14.5 Å². The van der Waals surface area contributed by atoms with Gasteiger partial charge in [-0.25, -0.2) is 0 Å². The molecule has 0 saturated heterocycles. The first kappa shape index (κ1) is 11.2. The van der Waals surface area contributed by atoms with Gasteiger partial charge in [-0.05, 0) is 24.1 Å². The number of hydrogen-bond donors (Lipinski definition) is 0. The molecule has 2 rings (SSSR count). The molecule has 2 aromatic rings.